The molecule has 3 unspecified atom stereocenters. The Kier molecular flexibility index (Phi) is 2.59. The molecule has 0 radical (unpaired) electrons. The SMILES string of the molecule is Cc1cnn(C2CC(O)CCC2C)c1. The summed E-state index contributed by atoms with van der Waals surface area (Å²) in [5.74, 6) is 0.623. The highest BCUT2D eigenvalue weighted by Gasteiger charge is 2.28. The van der Waals surface area contributed by atoms with E-state index in [4.69, 9.17) is 0 Å². The first kappa shape index (κ1) is 9.71. The first-order valence-corrected chi connectivity index (χ1v) is 5.35. The van der Waals surface area contributed by atoms with Crippen LogP contribution in [-0.4, -0.2) is 21.0 Å². The van der Waals surface area contributed by atoms with Crippen LogP contribution in [0.3, 0.4) is 0 Å². The van der Waals surface area contributed by atoms with E-state index >= 15 is 0 Å². The lowest BCUT2D eigenvalue weighted by molar-refractivity contribution is 0.0735. The Hall–Kier alpha value is -0.830. The lowest BCUT2D eigenvalue weighted by Gasteiger charge is -2.32. The fourth-order valence-electron chi connectivity index (χ4n) is 2.26. The van der Waals surface area contributed by atoms with Crippen LogP contribution in [0.4, 0.5) is 0 Å². The van der Waals surface area contributed by atoms with E-state index in [2.05, 4.69) is 18.2 Å². The zero-order valence-electron chi connectivity index (χ0n) is 8.85. The average Bonchev–Trinajstić information content (AvgIpc) is 2.56. The lowest BCUT2D eigenvalue weighted by atomic mass is 9.84. The van der Waals surface area contributed by atoms with Crippen molar-refractivity contribution in [3.63, 3.8) is 0 Å². The molecular weight excluding hydrogens is 176 g/mol. The summed E-state index contributed by atoms with van der Waals surface area (Å²) in [6.45, 7) is 4.29. The smallest absolute Gasteiger partial charge is 0.0569 e. The third-order valence-electron chi connectivity index (χ3n) is 3.20. The molecule has 3 atom stereocenters. The maximum atomic E-state index is 9.62. The molecule has 78 valence electrons. The molecule has 14 heavy (non-hydrogen) atoms. The van der Waals surface area contributed by atoms with Gasteiger partial charge in [-0.3, -0.25) is 4.68 Å². The van der Waals surface area contributed by atoms with E-state index in [1.54, 1.807) is 0 Å². The molecule has 0 aliphatic heterocycles. The summed E-state index contributed by atoms with van der Waals surface area (Å²) in [5.41, 5.74) is 1.19. The van der Waals surface area contributed by atoms with Gasteiger partial charge in [-0.25, -0.2) is 0 Å². The maximum Gasteiger partial charge on any atom is 0.0569 e. The van der Waals surface area contributed by atoms with Crippen LogP contribution in [0, 0.1) is 12.8 Å². The monoisotopic (exact) mass is 194 g/mol. The van der Waals surface area contributed by atoms with Crippen LogP contribution in [0.5, 0.6) is 0 Å². The minimum Gasteiger partial charge on any atom is -0.393 e. The molecule has 1 aromatic heterocycles. The van der Waals surface area contributed by atoms with Gasteiger partial charge < -0.3 is 5.11 Å². The van der Waals surface area contributed by atoms with Gasteiger partial charge in [0.2, 0.25) is 0 Å². The van der Waals surface area contributed by atoms with E-state index in [0.717, 1.165) is 19.3 Å². The topological polar surface area (TPSA) is 38.0 Å². The number of aryl methyl sites for hydroxylation is 1. The second kappa shape index (κ2) is 3.73. The van der Waals surface area contributed by atoms with Crippen molar-refractivity contribution in [1.29, 1.82) is 0 Å². The van der Waals surface area contributed by atoms with E-state index < -0.39 is 0 Å². The number of rotatable bonds is 1. The summed E-state index contributed by atoms with van der Waals surface area (Å²) in [5, 5.41) is 14.0. The standard InChI is InChI=1S/C11H18N2O/c1-8-6-12-13(7-8)11-5-10(14)4-3-9(11)2/h6-7,9-11,14H,3-5H2,1-2H3. The van der Waals surface area contributed by atoms with Crippen molar-refractivity contribution in [2.24, 2.45) is 5.92 Å². The van der Waals surface area contributed by atoms with Crippen molar-refractivity contribution in [3.8, 4) is 0 Å². The van der Waals surface area contributed by atoms with E-state index in [9.17, 15) is 5.11 Å². The van der Waals surface area contributed by atoms with E-state index in [1.165, 1.54) is 5.56 Å². The molecule has 1 aliphatic rings. The summed E-state index contributed by atoms with van der Waals surface area (Å²) in [7, 11) is 0. The maximum absolute atomic E-state index is 9.62. The molecule has 3 nitrogen and oxygen atoms in total. The molecule has 1 heterocycles. The Morgan fingerprint density at radius 3 is 2.93 bits per heavy atom. The van der Waals surface area contributed by atoms with E-state index in [-0.39, 0.29) is 6.10 Å². The van der Waals surface area contributed by atoms with Crippen LogP contribution in [0.25, 0.3) is 0 Å². The van der Waals surface area contributed by atoms with Crippen LogP contribution >= 0.6 is 0 Å². The third-order valence-corrected chi connectivity index (χ3v) is 3.20. The zero-order chi connectivity index (χ0) is 10.1. The number of hydrogen-bond acceptors (Lipinski definition) is 2. The minimum atomic E-state index is -0.138. The Morgan fingerprint density at radius 1 is 1.50 bits per heavy atom. The summed E-state index contributed by atoms with van der Waals surface area (Å²) < 4.78 is 2.02. The van der Waals surface area contributed by atoms with Crippen molar-refractivity contribution in [3.05, 3.63) is 18.0 Å². The molecule has 2 rings (SSSR count). The second-order valence-corrected chi connectivity index (χ2v) is 4.51. The van der Waals surface area contributed by atoms with Crippen molar-refractivity contribution < 1.29 is 5.11 Å². The van der Waals surface area contributed by atoms with Gasteiger partial charge in [0, 0.05) is 6.20 Å². The number of aliphatic hydroxyl groups excluding tert-OH is 1. The summed E-state index contributed by atoms with van der Waals surface area (Å²) >= 11 is 0. The number of aromatic nitrogens is 2. The largest absolute Gasteiger partial charge is 0.393 e. The highest BCUT2D eigenvalue weighted by molar-refractivity contribution is 5.01. The van der Waals surface area contributed by atoms with Crippen LogP contribution in [0.15, 0.2) is 12.4 Å². The number of hydrogen-bond donors (Lipinski definition) is 1. The molecule has 0 bridgehead atoms. The van der Waals surface area contributed by atoms with Gasteiger partial charge in [-0.15, -0.1) is 0 Å². The average molecular weight is 194 g/mol. The Morgan fingerprint density at radius 2 is 2.29 bits per heavy atom. The number of aliphatic hydroxyl groups is 1. The fraction of sp³-hybridized carbons (Fsp3) is 0.727. The molecule has 0 amide bonds. The molecule has 0 saturated heterocycles. The molecule has 1 saturated carbocycles. The Labute approximate surface area is 84.7 Å². The van der Waals surface area contributed by atoms with Crippen molar-refractivity contribution in [1.82, 2.24) is 9.78 Å². The molecule has 1 N–H and O–H groups in total. The van der Waals surface area contributed by atoms with Crippen LogP contribution in [0.1, 0.15) is 37.8 Å². The molecule has 1 fully saturated rings. The predicted octanol–water partition coefficient (Wildman–Crippen LogP) is 1.91. The van der Waals surface area contributed by atoms with Gasteiger partial charge in [-0.05, 0) is 37.7 Å². The van der Waals surface area contributed by atoms with Gasteiger partial charge in [0.1, 0.15) is 0 Å². The Balaban J connectivity index is 2.15. The highest BCUT2D eigenvalue weighted by atomic mass is 16.3. The van der Waals surface area contributed by atoms with Gasteiger partial charge in [0.15, 0.2) is 0 Å². The molecule has 1 aromatic rings. The molecule has 0 aromatic carbocycles. The second-order valence-electron chi connectivity index (χ2n) is 4.51. The first-order chi connectivity index (χ1) is 6.66. The summed E-state index contributed by atoms with van der Waals surface area (Å²) in [4.78, 5) is 0. The molecule has 0 spiro atoms. The third kappa shape index (κ3) is 1.82. The Bertz CT molecular complexity index is 308. The summed E-state index contributed by atoms with van der Waals surface area (Å²) in [6, 6.07) is 0.382. The molecule has 3 heteroatoms. The van der Waals surface area contributed by atoms with Crippen LogP contribution in [0.2, 0.25) is 0 Å². The summed E-state index contributed by atoms with van der Waals surface area (Å²) in [6.07, 6.45) is 6.71. The van der Waals surface area contributed by atoms with E-state index in [1.807, 2.05) is 17.8 Å². The normalized spacial score (nSPS) is 33.2. The zero-order valence-corrected chi connectivity index (χ0v) is 8.85. The van der Waals surface area contributed by atoms with Gasteiger partial charge >= 0.3 is 0 Å². The van der Waals surface area contributed by atoms with Gasteiger partial charge in [-0.2, -0.15) is 5.10 Å². The minimum absolute atomic E-state index is 0.138. The predicted molar refractivity (Wildman–Crippen MR) is 55.0 cm³/mol. The highest BCUT2D eigenvalue weighted by Crippen LogP contribution is 2.33. The van der Waals surface area contributed by atoms with Gasteiger partial charge in [0.25, 0.3) is 0 Å². The van der Waals surface area contributed by atoms with Crippen LogP contribution < -0.4 is 0 Å². The molecule has 1 aliphatic carbocycles. The van der Waals surface area contributed by atoms with E-state index in [0.29, 0.717) is 12.0 Å². The molecular formula is C11H18N2O. The van der Waals surface area contributed by atoms with Crippen molar-refractivity contribution in [2.45, 2.75) is 45.3 Å². The van der Waals surface area contributed by atoms with Crippen molar-refractivity contribution in [2.75, 3.05) is 0 Å². The van der Waals surface area contributed by atoms with Gasteiger partial charge in [-0.1, -0.05) is 6.92 Å². The lowest BCUT2D eigenvalue weighted by Crippen LogP contribution is -2.28. The van der Waals surface area contributed by atoms with Crippen LogP contribution in [-0.2, 0) is 0 Å². The quantitative estimate of drug-likeness (QED) is 0.741. The first-order valence-electron chi connectivity index (χ1n) is 5.35. The van der Waals surface area contributed by atoms with Crippen molar-refractivity contribution >= 4 is 0 Å². The van der Waals surface area contributed by atoms with Gasteiger partial charge in [0.05, 0.1) is 18.3 Å². The number of nitrogens with zero attached hydrogens (tertiary/aromatic N) is 2. The fourth-order valence-corrected chi connectivity index (χ4v) is 2.26.